The summed E-state index contributed by atoms with van der Waals surface area (Å²) in [6.45, 7) is 9.67. The molecule has 1 heterocycles. The number of morpholine rings is 1. The minimum absolute atomic E-state index is 0.0833. The highest BCUT2D eigenvalue weighted by Gasteiger charge is 2.24. The lowest BCUT2D eigenvalue weighted by Crippen LogP contribution is -2.53. The number of ether oxygens (including phenoxy) is 1. The van der Waals surface area contributed by atoms with Crippen LogP contribution in [0.4, 0.5) is 0 Å². The molecule has 1 rings (SSSR count). The fraction of sp³-hybridized carbons (Fsp3) is 0.909. The van der Waals surface area contributed by atoms with E-state index in [0.717, 1.165) is 26.2 Å². The molecule has 0 radical (unpaired) electrons. The molecule has 0 aromatic rings. The Hall–Kier alpha value is -0.650. The van der Waals surface area contributed by atoms with E-state index in [0.29, 0.717) is 6.54 Å². The van der Waals surface area contributed by atoms with Gasteiger partial charge in [0.25, 0.3) is 0 Å². The Morgan fingerprint density at radius 3 is 2.88 bits per heavy atom. The molecule has 94 valence electrons. The maximum atomic E-state index is 11.6. The van der Waals surface area contributed by atoms with Crippen molar-refractivity contribution in [2.45, 2.75) is 32.4 Å². The Kier molecular flexibility index (Phi) is 4.70. The normalized spacial score (nSPS) is 23.1. The van der Waals surface area contributed by atoms with Gasteiger partial charge >= 0.3 is 0 Å². The molecular formula is C11H23N3O2. The third-order valence-corrected chi connectivity index (χ3v) is 2.75. The molecule has 1 unspecified atom stereocenters. The van der Waals surface area contributed by atoms with Crippen LogP contribution >= 0.6 is 0 Å². The maximum absolute atomic E-state index is 11.6. The van der Waals surface area contributed by atoms with Gasteiger partial charge in [0.2, 0.25) is 5.91 Å². The Morgan fingerprint density at radius 1 is 1.62 bits per heavy atom. The topological polar surface area (TPSA) is 67.6 Å². The summed E-state index contributed by atoms with van der Waals surface area (Å²) in [5, 5.41) is 2.82. The van der Waals surface area contributed by atoms with Crippen molar-refractivity contribution in [2.24, 2.45) is 5.73 Å². The van der Waals surface area contributed by atoms with Gasteiger partial charge in [-0.2, -0.15) is 0 Å². The highest BCUT2D eigenvalue weighted by molar-refractivity contribution is 5.85. The molecule has 1 atom stereocenters. The van der Waals surface area contributed by atoms with E-state index in [1.807, 2.05) is 0 Å². The van der Waals surface area contributed by atoms with Crippen molar-refractivity contribution in [3.8, 4) is 0 Å². The van der Waals surface area contributed by atoms with Crippen LogP contribution in [0.2, 0.25) is 0 Å². The van der Waals surface area contributed by atoms with Crippen LogP contribution < -0.4 is 11.1 Å². The van der Waals surface area contributed by atoms with Gasteiger partial charge in [-0.15, -0.1) is 0 Å². The van der Waals surface area contributed by atoms with Crippen LogP contribution in [0, 0.1) is 0 Å². The second kappa shape index (κ2) is 5.61. The molecule has 1 aliphatic rings. The molecule has 0 saturated carbocycles. The third-order valence-electron chi connectivity index (χ3n) is 2.75. The van der Waals surface area contributed by atoms with Crippen molar-refractivity contribution >= 4 is 5.91 Å². The molecule has 5 heteroatoms. The number of nitrogens with two attached hydrogens (primary N) is 1. The van der Waals surface area contributed by atoms with Gasteiger partial charge in [-0.25, -0.2) is 0 Å². The number of hydrogen-bond donors (Lipinski definition) is 2. The van der Waals surface area contributed by atoms with Gasteiger partial charge in [-0.1, -0.05) is 6.92 Å². The summed E-state index contributed by atoms with van der Waals surface area (Å²) >= 11 is 0. The van der Waals surface area contributed by atoms with Crippen LogP contribution in [0.5, 0.6) is 0 Å². The van der Waals surface area contributed by atoms with Gasteiger partial charge in [0, 0.05) is 19.6 Å². The summed E-state index contributed by atoms with van der Waals surface area (Å²) in [7, 11) is 0. The minimum atomic E-state index is -0.820. The number of carbonyl (C=O) groups excluding carboxylic acids is 1. The highest BCUT2D eigenvalue weighted by atomic mass is 16.5. The zero-order valence-electron chi connectivity index (χ0n) is 10.5. The number of amides is 1. The summed E-state index contributed by atoms with van der Waals surface area (Å²) < 4.78 is 5.58. The number of nitrogens with one attached hydrogen (secondary N) is 1. The van der Waals surface area contributed by atoms with Gasteiger partial charge in [-0.3, -0.25) is 9.69 Å². The zero-order chi connectivity index (χ0) is 12.2. The summed E-state index contributed by atoms with van der Waals surface area (Å²) in [5.74, 6) is -0.135. The van der Waals surface area contributed by atoms with Crippen LogP contribution in [-0.2, 0) is 9.53 Å². The molecule has 0 bridgehead atoms. The van der Waals surface area contributed by atoms with E-state index < -0.39 is 5.54 Å². The number of nitrogens with zero attached hydrogens (tertiary/aromatic N) is 1. The van der Waals surface area contributed by atoms with Crippen LogP contribution in [0.15, 0.2) is 0 Å². The first kappa shape index (κ1) is 13.4. The van der Waals surface area contributed by atoms with Crippen molar-refractivity contribution < 1.29 is 9.53 Å². The molecule has 0 aliphatic carbocycles. The van der Waals surface area contributed by atoms with Crippen molar-refractivity contribution in [3.05, 3.63) is 0 Å². The van der Waals surface area contributed by atoms with Gasteiger partial charge in [0.05, 0.1) is 18.2 Å². The average Bonchev–Trinajstić information content (AvgIpc) is 2.25. The highest BCUT2D eigenvalue weighted by Crippen LogP contribution is 2.04. The van der Waals surface area contributed by atoms with Crippen molar-refractivity contribution in [1.82, 2.24) is 10.2 Å². The summed E-state index contributed by atoms with van der Waals surface area (Å²) in [4.78, 5) is 13.9. The molecule has 0 aromatic heterocycles. The van der Waals surface area contributed by atoms with Crippen molar-refractivity contribution in [1.29, 1.82) is 0 Å². The van der Waals surface area contributed by atoms with E-state index in [-0.39, 0.29) is 12.0 Å². The third kappa shape index (κ3) is 4.08. The summed E-state index contributed by atoms with van der Waals surface area (Å²) in [6, 6.07) is 0. The molecule has 1 amide bonds. The summed E-state index contributed by atoms with van der Waals surface area (Å²) in [6.07, 6.45) is 0.0833. The van der Waals surface area contributed by atoms with Gasteiger partial charge in [0.1, 0.15) is 0 Å². The van der Waals surface area contributed by atoms with Gasteiger partial charge in [-0.05, 0) is 20.4 Å². The zero-order valence-corrected chi connectivity index (χ0v) is 10.5. The van der Waals surface area contributed by atoms with E-state index in [1.165, 1.54) is 0 Å². The number of carbonyl (C=O) groups is 1. The number of hydrogen-bond acceptors (Lipinski definition) is 4. The lowest BCUT2D eigenvalue weighted by Gasteiger charge is -2.32. The molecular weight excluding hydrogens is 206 g/mol. The van der Waals surface area contributed by atoms with Crippen LogP contribution in [-0.4, -0.2) is 55.2 Å². The van der Waals surface area contributed by atoms with Crippen LogP contribution in [0.3, 0.4) is 0 Å². The molecule has 1 fully saturated rings. The minimum Gasteiger partial charge on any atom is -0.374 e. The van der Waals surface area contributed by atoms with E-state index in [1.54, 1.807) is 13.8 Å². The standard InChI is InChI=1S/C11H23N3O2/c1-4-14-5-6-16-9(8-14)7-13-10(15)11(2,3)12/h9H,4-8,12H2,1-3H3,(H,13,15). The Balaban J connectivity index is 2.30. The molecule has 5 nitrogen and oxygen atoms in total. The Morgan fingerprint density at radius 2 is 2.31 bits per heavy atom. The first-order valence-electron chi connectivity index (χ1n) is 5.84. The molecule has 3 N–H and O–H groups in total. The monoisotopic (exact) mass is 229 g/mol. The smallest absolute Gasteiger partial charge is 0.239 e. The second-order valence-corrected chi connectivity index (χ2v) is 4.82. The predicted octanol–water partition coefficient (Wildman–Crippen LogP) is -0.439. The SMILES string of the molecule is CCN1CCOC(CNC(=O)C(C)(C)N)C1. The van der Waals surface area contributed by atoms with Crippen molar-refractivity contribution in [2.75, 3.05) is 32.8 Å². The lowest BCUT2D eigenvalue weighted by atomic mass is 10.1. The van der Waals surface area contributed by atoms with Gasteiger partial charge in [0.15, 0.2) is 0 Å². The maximum Gasteiger partial charge on any atom is 0.239 e. The molecule has 16 heavy (non-hydrogen) atoms. The van der Waals surface area contributed by atoms with Crippen molar-refractivity contribution in [3.63, 3.8) is 0 Å². The second-order valence-electron chi connectivity index (χ2n) is 4.82. The number of rotatable bonds is 4. The largest absolute Gasteiger partial charge is 0.374 e. The molecule has 1 aliphatic heterocycles. The first-order chi connectivity index (χ1) is 7.43. The quantitative estimate of drug-likeness (QED) is 0.686. The Bertz CT molecular complexity index is 238. The average molecular weight is 229 g/mol. The van der Waals surface area contributed by atoms with E-state index in [4.69, 9.17) is 10.5 Å². The fourth-order valence-corrected chi connectivity index (χ4v) is 1.63. The molecule has 1 saturated heterocycles. The fourth-order valence-electron chi connectivity index (χ4n) is 1.63. The van der Waals surface area contributed by atoms with Crippen LogP contribution in [0.1, 0.15) is 20.8 Å². The first-order valence-corrected chi connectivity index (χ1v) is 5.84. The number of likely N-dealkylation sites (N-methyl/N-ethyl adjacent to an activating group) is 1. The van der Waals surface area contributed by atoms with E-state index >= 15 is 0 Å². The molecule has 0 aromatic carbocycles. The van der Waals surface area contributed by atoms with Crippen LogP contribution in [0.25, 0.3) is 0 Å². The lowest BCUT2D eigenvalue weighted by molar-refractivity contribution is -0.126. The van der Waals surface area contributed by atoms with E-state index in [9.17, 15) is 4.79 Å². The molecule has 0 spiro atoms. The Labute approximate surface area is 97.3 Å². The van der Waals surface area contributed by atoms with E-state index in [2.05, 4.69) is 17.1 Å². The predicted molar refractivity (Wildman–Crippen MR) is 63.1 cm³/mol. The van der Waals surface area contributed by atoms with Gasteiger partial charge < -0.3 is 15.8 Å². The summed E-state index contributed by atoms with van der Waals surface area (Å²) in [5.41, 5.74) is 4.86.